The molecule has 1 heterocycles. The molecule has 136 valence electrons. The van der Waals surface area contributed by atoms with Gasteiger partial charge in [0.1, 0.15) is 0 Å². The summed E-state index contributed by atoms with van der Waals surface area (Å²) in [5.74, 6) is 1.48. The first-order chi connectivity index (χ1) is 12.6. The van der Waals surface area contributed by atoms with Crippen molar-refractivity contribution in [3.63, 3.8) is 0 Å². The third-order valence-electron chi connectivity index (χ3n) is 3.71. The van der Waals surface area contributed by atoms with Gasteiger partial charge in [-0.3, -0.25) is 0 Å². The molecule has 0 unspecified atom stereocenters. The fourth-order valence-corrected chi connectivity index (χ4v) is 3.91. The van der Waals surface area contributed by atoms with Crippen LogP contribution < -0.4 is 9.47 Å². The Morgan fingerprint density at radius 1 is 0.962 bits per heavy atom. The number of rotatable bonds is 7. The summed E-state index contributed by atoms with van der Waals surface area (Å²) in [5, 5.41) is 0. The summed E-state index contributed by atoms with van der Waals surface area (Å²) in [5.41, 5.74) is 0.626. The second kappa shape index (κ2) is 7.61. The molecule has 0 amide bonds. The predicted octanol–water partition coefficient (Wildman–Crippen LogP) is 3.58. The van der Waals surface area contributed by atoms with Crippen LogP contribution in [0.1, 0.15) is 13.8 Å². The van der Waals surface area contributed by atoms with Gasteiger partial charge in [-0.1, -0.05) is 18.2 Å². The first-order valence-corrected chi connectivity index (χ1v) is 9.76. The first-order valence-electron chi connectivity index (χ1n) is 8.32. The highest BCUT2D eigenvalue weighted by Crippen LogP contribution is 2.33. The lowest BCUT2D eigenvalue weighted by Crippen LogP contribution is -2.13. The number of aromatic nitrogens is 2. The van der Waals surface area contributed by atoms with Crippen molar-refractivity contribution in [2.75, 3.05) is 13.2 Å². The molecule has 0 saturated heterocycles. The highest BCUT2D eigenvalue weighted by Gasteiger charge is 2.21. The van der Waals surface area contributed by atoms with Crippen molar-refractivity contribution in [3.05, 3.63) is 60.9 Å². The summed E-state index contributed by atoms with van der Waals surface area (Å²) in [6, 6.07) is 13.5. The molecule has 1 aromatic heterocycles. The van der Waals surface area contributed by atoms with Crippen LogP contribution in [-0.4, -0.2) is 30.6 Å². The minimum atomic E-state index is -3.74. The Bertz CT molecular complexity index is 982. The Balaban J connectivity index is 2.08. The quantitative estimate of drug-likeness (QED) is 0.634. The van der Waals surface area contributed by atoms with Crippen molar-refractivity contribution in [2.24, 2.45) is 0 Å². The van der Waals surface area contributed by atoms with Gasteiger partial charge < -0.3 is 9.47 Å². The third kappa shape index (κ3) is 3.43. The SMILES string of the molecule is CCOc1ccc(-c2nccn2S(=O)(=O)c2ccccc2)cc1OCC. The maximum atomic E-state index is 12.9. The molecule has 0 bridgehead atoms. The van der Waals surface area contributed by atoms with Crippen molar-refractivity contribution in [3.8, 4) is 22.9 Å². The first kappa shape index (κ1) is 18.0. The van der Waals surface area contributed by atoms with Crippen LogP contribution in [0.3, 0.4) is 0 Å². The van der Waals surface area contributed by atoms with Crippen molar-refractivity contribution < 1.29 is 17.9 Å². The standard InChI is InChI=1S/C19H20N2O4S/c1-3-24-17-11-10-15(14-18(17)25-4-2)19-20-12-13-21(19)26(22,23)16-8-6-5-7-9-16/h5-14H,3-4H2,1-2H3. The Kier molecular flexibility index (Phi) is 5.27. The maximum absolute atomic E-state index is 12.9. The lowest BCUT2D eigenvalue weighted by atomic mass is 10.2. The van der Waals surface area contributed by atoms with Crippen LogP contribution in [0.15, 0.2) is 65.8 Å². The van der Waals surface area contributed by atoms with Gasteiger partial charge >= 0.3 is 0 Å². The zero-order valence-corrected chi connectivity index (χ0v) is 15.4. The van der Waals surface area contributed by atoms with E-state index >= 15 is 0 Å². The Hall–Kier alpha value is -2.80. The Morgan fingerprint density at radius 3 is 2.35 bits per heavy atom. The van der Waals surface area contributed by atoms with Gasteiger partial charge in [-0.15, -0.1) is 0 Å². The molecule has 26 heavy (non-hydrogen) atoms. The molecule has 0 atom stereocenters. The monoisotopic (exact) mass is 372 g/mol. The smallest absolute Gasteiger partial charge is 0.269 e. The fourth-order valence-electron chi connectivity index (χ4n) is 2.58. The molecule has 0 radical (unpaired) electrons. The van der Waals surface area contributed by atoms with Gasteiger partial charge in [0, 0.05) is 18.0 Å². The van der Waals surface area contributed by atoms with Crippen LogP contribution in [0, 0.1) is 0 Å². The second-order valence-corrected chi connectivity index (χ2v) is 7.21. The minimum absolute atomic E-state index is 0.204. The molecule has 3 aromatic rings. The molecular formula is C19H20N2O4S. The minimum Gasteiger partial charge on any atom is -0.490 e. The number of imidazole rings is 1. The summed E-state index contributed by atoms with van der Waals surface area (Å²) in [7, 11) is -3.74. The van der Waals surface area contributed by atoms with Gasteiger partial charge in [-0.05, 0) is 44.2 Å². The molecule has 3 rings (SSSR count). The van der Waals surface area contributed by atoms with Crippen LogP contribution >= 0.6 is 0 Å². The van der Waals surface area contributed by atoms with Crippen LogP contribution in [0.2, 0.25) is 0 Å². The van der Waals surface area contributed by atoms with Crippen LogP contribution in [0.4, 0.5) is 0 Å². The Labute approximate surface area is 153 Å². The Morgan fingerprint density at radius 2 is 1.65 bits per heavy atom. The normalized spacial score (nSPS) is 11.3. The van der Waals surface area contributed by atoms with E-state index in [1.165, 1.54) is 16.4 Å². The van der Waals surface area contributed by atoms with E-state index in [1.807, 2.05) is 13.8 Å². The third-order valence-corrected chi connectivity index (χ3v) is 5.39. The van der Waals surface area contributed by atoms with Gasteiger partial charge in [0.05, 0.1) is 18.1 Å². The van der Waals surface area contributed by atoms with Crippen LogP contribution in [-0.2, 0) is 10.0 Å². The zero-order valence-electron chi connectivity index (χ0n) is 14.6. The molecule has 7 heteroatoms. The van der Waals surface area contributed by atoms with Gasteiger partial charge in [0.25, 0.3) is 10.0 Å². The predicted molar refractivity (Wildman–Crippen MR) is 99.0 cm³/mol. The molecule has 6 nitrogen and oxygen atoms in total. The van der Waals surface area contributed by atoms with Gasteiger partial charge in [0.15, 0.2) is 17.3 Å². The molecule has 0 saturated carbocycles. The summed E-state index contributed by atoms with van der Waals surface area (Å²) in [6.07, 6.45) is 2.90. The van der Waals surface area contributed by atoms with E-state index in [0.717, 1.165) is 0 Å². The van der Waals surface area contributed by atoms with E-state index in [1.54, 1.807) is 48.5 Å². The molecular weight excluding hydrogens is 352 g/mol. The van der Waals surface area contributed by atoms with E-state index in [0.29, 0.717) is 36.1 Å². The lowest BCUT2D eigenvalue weighted by molar-refractivity contribution is 0.288. The summed E-state index contributed by atoms with van der Waals surface area (Å²) in [6.45, 7) is 4.75. The number of nitrogens with zero attached hydrogens (tertiary/aromatic N) is 2. The van der Waals surface area contributed by atoms with Crippen molar-refractivity contribution >= 4 is 10.0 Å². The fraction of sp³-hybridized carbons (Fsp3) is 0.211. The van der Waals surface area contributed by atoms with Crippen molar-refractivity contribution in [1.29, 1.82) is 0 Å². The second-order valence-electron chi connectivity index (χ2n) is 5.39. The molecule has 0 aliphatic carbocycles. The van der Waals surface area contributed by atoms with Gasteiger partial charge in [-0.25, -0.2) is 17.4 Å². The van der Waals surface area contributed by atoms with Crippen LogP contribution in [0.5, 0.6) is 11.5 Å². The van der Waals surface area contributed by atoms with E-state index in [2.05, 4.69) is 4.98 Å². The van der Waals surface area contributed by atoms with E-state index in [4.69, 9.17) is 9.47 Å². The number of hydrogen-bond donors (Lipinski definition) is 0. The average molecular weight is 372 g/mol. The molecule has 0 aliphatic rings. The zero-order chi connectivity index (χ0) is 18.6. The van der Waals surface area contributed by atoms with E-state index in [9.17, 15) is 8.42 Å². The van der Waals surface area contributed by atoms with E-state index in [-0.39, 0.29) is 4.90 Å². The number of hydrogen-bond acceptors (Lipinski definition) is 5. The van der Waals surface area contributed by atoms with Gasteiger partial charge in [-0.2, -0.15) is 0 Å². The summed E-state index contributed by atoms with van der Waals surface area (Å²) >= 11 is 0. The molecule has 0 spiro atoms. The number of ether oxygens (including phenoxy) is 2. The lowest BCUT2D eigenvalue weighted by Gasteiger charge is -2.13. The summed E-state index contributed by atoms with van der Waals surface area (Å²) < 4.78 is 38.2. The molecule has 0 aliphatic heterocycles. The van der Waals surface area contributed by atoms with E-state index < -0.39 is 10.0 Å². The average Bonchev–Trinajstić information content (AvgIpc) is 3.15. The highest BCUT2D eigenvalue weighted by atomic mass is 32.2. The van der Waals surface area contributed by atoms with Crippen LogP contribution in [0.25, 0.3) is 11.4 Å². The molecule has 0 fully saturated rings. The summed E-state index contributed by atoms with van der Waals surface area (Å²) in [4.78, 5) is 4.45. The topological polar surface area (TPSA) is 70.4 Å². The highest BCUT2D eigenvalue weighted by molar-refractivity contribution is 7.90. The van der Waals surface area contributed by atoms with Gasteiger partial charge in [0.2, 0.25) is 0 Å². The maximum Gasteiger partial charge on any atom is 0.269 e. The van der Waals surface area contributed by atoms with Crippen molar-refractivity contribution in [2.45, 2.75) is 18.7 Å². The largest absolute Gasteiger partial charge is 0.490 e. The molecule has 0 N–H and O–H groups in total. The molecule has 2 aromatic carbocycles. The van der Waals surface area contributed by atoms with Crippen molar-refractivity contribution in [1.82, 2.24) is 8.96 Å². The number of benzene rings is 2.